The van der Waals surface area contributed by atoms with Gasteiger partial charge in [-0.2, -0.15) is 0 Å². The summed E-state index contributed by atoms with van der Waals surface area (Å²) >= 11 is 0. The van der Waals surface area contributed by atoms with Gasteiger partial charge in [0.05, 0.1) is 6.61 Å². The first-order valence-electron chi connectivity index (χ1n) is 6.84. The zero-order valence-corrected chi connectivity index (χ0v) is 11.0. The second-order valence-corrected chi connectivity index (χ2v) is 5.04. The molecule has 17 heavy (non-hydrogen) atoms. The molecule has 0 unspecified atom stereocenters. The topological polar surface area (TPSA) is 52.6 Å². The molecule has 0 radical (unpaired) electrons. The highest BCUT2D eigenvalue weighted by Gasteiger charge is 2.13. The molecule has 0 aromatic rings. The molecule has 100 valence electrons. The highest BCUT2D eigenvalue weighted by atomic mass is 16.3. The van der Waals surface area contributed by atoms with E-state index in [9.17, 15) is 4.79 Å². The third-order valence-electron chi connectivity index (χ3n) is 3.55. The quantitative estimate of drug-likeness (QED) is 0.792. The Balaban J connectivity index is 2.20. The largest absolute Gasteiger partial charge is 0.395 e. The summed E-state index contributed by atoms with van der Waals surface area (Å²) in [5.41, 5.74) is 0. The van der Waals surface area contributed by atoms with Crippen molar-refractivity contribution in [2.24, 2.45) is 5.92 Å². The Morgan fingerprint density at radius 1 is 1.24 bits per heavy atom. The van der Waals surface area contributed by atoms with Crippen LogP contribution >= 0.6 is 0 Å². The van der Waals surface area contributed by atoms with Crippen molar-refractivity contribution in [1.82, 2.24) is 10.2 Å². The molecule has 0 aromatic carbocycles. The highest BCUT2D eigenvalue weighted by Crippen LogP contribution is 2.21. The van der Waals surface area contributed by atoms with Gasteiger partial charge < -0.3 is 15.3 Å². The molecule has 1 rings (SSSR count). The molecule has 0 atom stereocenters. The van der Waals surface area contributed by atoms with Gasteiger partial charge in [-0.05, 0) is 18.8 Å². The summed E-state index contributed by atoms with van der Waals surface area (Å²) in [5, 5.41) is 11.7. The molecule has 4 nitrogen and oxygen atoms in total. The summed E-state index contributed by atoms with van der Waals surface area (Å²) in [4.78, 5) is 13.2. The monoisotopic (exact) mass is 242 g/mol. The van der Waals surface area contributed by atoms with Gasteiger partial charge in [0.15, 0.2) is 0 Å². The maximum absolute atomic E-state index is 11.6. The lowest BCUT2D eigenvalue weighted by Crippen LogP contribution is -2.40. The van der Waals surface area contributed by atoms with E-state index in [2.05, 4.69) is 5.32 Å². The van der Waals surface area contributed by atoms with E-state index in [1.54, 1.807) is 7.05 Å². The minimum absolute atomic E-state index is 0.0212. The maximum atomic E-state index is 11.6. The number of aliphatic hydroxyl groups is 1. The summed E-state index contributed by atoms with van der Waals surface area (Å²) in [6.07, 6.45) is 9.13. The number of hydrogen-bond acceptors (Lipinski definition) is 2. The Labute approximate surface area is 104 Å². The van der Waals surface area contributed by atoms with Crippen LogP contribution in [-0.2, 0) is 0 Å². The summed E-state index contributed by atoms with van der Waals surface area (Å²) in [5.74, 6) is 0.641. The average Bonchev–Trinajstić information content (AvgIpc) is 2.27. The van der Waals surface area contributed by atoms with E-state index in [1.807, 2.05) is 0 Å². The van der Waals surface area contributed by atoms with Crippen LogP contribution in [0.2, 0.25) is 0 Å². The van der Waals surface area contributed by atoms with Crippen molar-refractivity contribution >= 4 is 6.03 Å². The molecule has 0 saturated heterocycles. The number of carbonyl (C=O) groups is 1. The highest BCUT2D eigenvalue weighted by molar-refractivity contribution is 5.73. The molecule has 0 spiro atoms. The fraction of sp³-hybridized carbons (Fsp3) is 0.923. The van der Waals surface area contributed by atoms with Crippen molar-refractivity contribution < 1.29 is 9.90 Å². The lowest BCUT2D eigenvalue weighted by Gasteiger charge is -2.22. The lowest BCUT2D eigenvalue weighted by molar-refractivity contribution is 0.188. The Bertz CT molecular complexity index is 213. The van der Waals surface area contributed by atoms with Crippen molar-refractivity contribution in [2.45, 2.75) is 44.9 Å². The first-order chi connectivity index (χ1) is 8.24. The van der Waals surface area contributed by atoms with Gasteiger partial charge in [0.2, 0.25) is 0 Å². The molecule has 0 aromatic heterocycles. The third kappa shape index (κ3) is 5.91. The van der Waals surface area contributed by atoms with Gasteiger partial charge in [0.25, 0.3) is 0 Å². The lowest BCUT2D eigenvalue weighted by atomic mass is 9.91. The minimum atomic E-state index is -0.0684. The molecule has 2 amide bonds. The van der Waals surface area contributed by atoms with Crippen LogP contribution < -0.4 is 5.32 Å². The predicted molar refractivity (Wildman–Crippen MR) is 68.9 cm³/mol. The van der Waals surface area contributed by atoms with E-state index in [1.165, 1.54) is 49.8 Å². The second-order valence-electron chi connectivity index (χ2n) is 5.04. The number of likely N-dealkylation sites (N-methyl/N-ethyl adjacent to an activating group) is 1. The number of nitrogens with zero attached hydrogens (tertiary/aromatic N) is 1. The zero-order chi connectivity index (χ0) is 12.5. The van der Waals surface area contributed by atoms with Crippen LogP contribution in [0.3, 0.4) is 0 Å². The molecule has 4 heteroatoms. The summed E-state index contributed by atoms with van der Waals surface area (Å²) in [6, 6.07) is -0.0684. The van der Waals surface area contributed by atoms with E-state index < -0.39 is 0 Å². The van der Waals surface area contributed by atoms with Crippen LogP contribution in [-0.4, -0.2) is 42.8 Å². The van der Waals surface area contributed by atoms with Gasteiger partial charge >= 0.3 is 6.03 Å². The van der Waals surface area contributed by atoms with E-state index in [4.69, 9.17) is 5.11 Å². The van der Waals surface area contributed by atoms with Crippen molar-refractivity contribution in [1.29, 1.82) is 0 Å². The Morgan fingerprint density at radius 2 is 1.82 bits per heavy atom. The molecule has 0 aliphatic heterocycles. The van der Waals surface area contributed by atoms with Crippen LogP contribution in [0, 0.1) is 5.92 Å². The van der Waals surface area contributed by atoms with Crippen LogP contribution in [0.5, 0.6) is 0 Å². The Morgan fingerprint density at radius 3 is 2.41 bits per heavy atom. The fourth-order valence-corrected chi connectivity index (χ4v) is 2.36. The smallest absolute Gasteiger partial charge is 0.317 e. The molecule has 0 bridgehead atoms. The molecule has 1 fully saturated rings. The van der Waals surface area contributed by atoms with Crippen LogP contribution in [0.15, 0.2) is 0 Å². The van der Waals surface area contributed by atoms with Gasteiger partial charge in [-0.3, -0.25) is 0 Å². The van der Waals surface area contributed by atoms with E-state index in [0.29, 0.717) is 12.5 Å². The number of aliphatic hydroxyl groups excluding tert-OH is 1. The minimum Gasteiger partial charge on any atom is -0.395 e. The standard InChI is InChI=1S/C13H26N2O2/c1-15(9-10-16)13(17)14-11-12-7-5-3-2-4-6-8-12/h12,16H,2-11H2,1H3,(H,14,17). The number of carbonyl (C=O) groups excluding carboxylic acids is 1. The Kier molecular flexibility index (Phi) is 7.01. The molecule has 0 heterocycles. The van der Waals surface area contributed by atoms with Crippen LogP contribution in [0.1, 0.15) is 44.9 Å². The van der Waals surface area contributed by atoms with Crippen molar-refractivity contribution in [2.75, 3.05) is 26.7 Å². The normalized spacial score (nSPS) is 18.2. The van der Waals surface area contributed by atoms with Gasteiger partial charge in [0, 0.05) is 20.1 Å². The van der Waals surface area contributed by atoms with Crippen LogP contribution in [0.25, 0.3) is 0 Å². The first kappa shape index (κ1) is 14.3. The van der Waals surface area contributed by atoms with Gasteiger partial charge in [-0.1, -0.05) is 32.1 Å². The predicted octanol–water partition coefficient (Wildman–Crippen LogP) is 1.98. The molecular formula is C13H26N2O2. The summed E-state index contributed by atoms with van der Waals surface area (Å²) in [6.45, 7) is 1.21. The number of rotatable bonds is 4. The first-order valence-corrected chi connectivity index (χ1v) is 6.84. The second kappa shape index (κ2) is 8.34. The van der Waals surface area contributed by atoms with Crippen molar-refractivity contribution in [3.63, 3.8) is 0 Å². The number of nitrogens with one attached hydrogen (secondary N) is 1. The van der Waals surface area contributed by atoms with E-state index in [-0.39, 0.29) is 12.6 Å². The van der Waals surface area contributed by atoms with Crippen LogP contribution in [0.4, 0.5) is 4.79 Å². The van der Waals surface area contributed by atoms with Gasteiger partial charge in [-0.15, -0.1) is 0 Å². The van der Waals surface area contributed by atoms with E-state index >= 15 is 0 Å². The van der Waals surface area contributed by atoms with Crippen molar-refractivity contribution in [3.8, 4) is 0 Å². The zero-order valence-electron chi connectivity index (χ0n) is 11.0. The molecular weight excluding hydrogens is 216 g/mol. The summed E-state index contributed by atoms with van der Waals surface area (Å²) < 4.78 is 0. The van der Waals surface area contributed by atoms with Gasteiger partial charge in [-0.25, -0.2) is 4.79 Å². The molecule has 1 aliphatic rings. The number of urea groups is 1. The maximum Gasteiger partial charge on any atom is 0.317 e. The van der Waals surface area contributed by atoms with Crippen molar-refractivity contribution in [3.05, 3.63) is 0 Å². The molecule has 1 saturated carbocycles. The molecule has 2 N–H and O–H groups in total. The third-order valence-corrected chi connectivity index (χ3v) is 3.55. The number of hydrogen-bond donors (Lipinski definition) is 2. The number of amides is 2. The molecule has 1 aliphatic carbocycles. The van der Waals surface area contributed by atoms with E-state index in [0.717, 1.165) is 6.54 Å². The Hall–Kier alpha value is -0.770. The average molecular weight is 242 g/mol. The SMILES string of the molecule is CN(CCO)C(=O)NCC1CCCCCCC1. The fourth-order valence-electron chi connectivity index (χ4n) is 2.36. The van der Waals surface area contributed by atoms with Gasteiger partial charge in [0.1, 0.15) is 0 Å². The summed E-state index contributed by atoms with van der Waals surface area (Å²) in [7, 11) is 1.71.